The average molecular weight is 427 g/mol. The van der Waals surface area contributed by atoms with Crippen LogP contribution in [0.25, 0.3) is 11.1 Å². The number of primary amides is 1. The summed E-state index contributed by atoms with van der Waals surface area (Å²) < 4.78 is 13.5. The van der Waals surface area contributed by atoms with E-state index in [4.69, 9.17) is 11.5 Å². The lowest BCUT2D eigenvalue weighted by Gasteiger charge is -2.14. The number of carbonyl (C=O) groups excluding carboxylic acids is 1. The van der Waals surface area contributed by atoms with Gasteiger partial charge in [-0.05, 0) is 65.9 Å². The van der Waals surface area contributed by atoms with Crippen LogP contribution in [0.2, 0.25) is 0 Å². The molecule has 0 unspecified atom stereocenters. The third-order valence-electron chi connectivity index (χ3n) is 5.11. The number of anilines is 3. The Kier molecular flexibility index (Phi) is 6.07. The summed E-state index contributed by atoms with van der Waals surface area (Å²) in [5.41, 5.74) is 16.5. The minimum atomic E-state index is -0.501. The Morgan fingerprint density at radius 3 is 2.38 bits per heavy atom. The molecule has 0 fully saturated rings. The van der Waals surface area contributed by atoms with Crippen molar-refractivity contribution < 1.29 is 9.18 Å². The van der Waals surface area contributed by atoms with E-state index in [0.717, 1.165) is 11.1 Å². The molecule has 4 rings (SSSR count). The summed E-state index contributed by atoms with van der Waals surface area (Å²) in [6, 6.07) is 19.2. The van der Waals surface area contributed by atoms with Gasteiger partial charge >= 0.3 is 0 Å². The van der Waals surface area contributed by atoms with E-state index >= 15 is 0 Å². The Bertz CT molecular complexity index is 1260. The number of amides is 1. The van der Waals surface area contributed by atoms with E-state index < -0.39 is 5.91 Å². The van der Waals surface area contributed by atoms with Crippen molar-refractivity contribution in [3.05, 3.63) is 102 Å². The van der Waals surface area contributed by atoms with Gasteiger partial charge < -0.3 is 16.8 Å². The Morgan fingerprint density at radius 1 is 0.906 bits per heavy atom. The molecule has 0 saturated carbocycles. The van der Waals surface area contributed by atoms with Crippen LogP contribution in [0.4, 0.5) is 21.7 Å². The van der Waals surface area contributed by atoms with Crippen molar-refractivity contribution in [2.75, 3.05) is 11.1 Å². The van der Waals surface area contributed by atoms with Crippen LogP contribution in [-0.2, 0) is 12.8 Å². The van der Waals surface area contributed by atoms with Gasteiger partial charge in [-0.15, -0.1) is 0 Å². The number of hydrogen-bond acceptors (Lipinski definition) is 5. The molecule has 0 atom stereocenters. The molecule has 3 aromatic carbocycles. The first-order valence-corrected chi connectivity index (χ1v) is 10.1. The maximum absolute atomic E-state index is 13.5. The SMILES string of the molecule is NC(=O)c1cccc(Nc2ncc(-c3cccc(F)c3)cn2)c1CCc1cccc(N)c1. The number of aromatic nitrogens is 2. The molecular formula is C25H22FN5O. The smallest absolute Gasteiger partial charge is 0.249 e. The predicted octanol–water partition coefficient (Wildman–Crippen LogP) is 4.49. The zero-order valence-corrected chi connectivity index (χ0v) is 17.3. The van der Waals surface area contributed by atoms with Crippen LogP contribution in [0.15, 0.2) is 79.1 Å². The van der Waals surface area contributed by atoms with E-state index in [1.54, 1.807) is 36.7 Å². The molecule has 0 aliphatic rings. The molecule has 0 aliphatic carbocycles. The standard InChI is InChI=1S/C25H22FN5O/c26-19-6-2-5-17(13-19)18-14-29-25(30-15-18)31-23-9-3-8-22(24(28)32)21(23)11-10-16-4-1-7-20(27)12-16/h1-9,12-15H,10-11,27H2,(H2,28,32)(H,29,30,31). The minimum Gasteiger partial charge on any atom is -0.399 e. The molecular weight excluding hydrogens is 405 g/mol. The molecule has 32 heavy (non-hydrogen) atoms. The third-order valence-corrected chi connectivity index (χ3v) is 5.11. The number of carbonyl (C=O) groups is 1. The number of aryl methyl sites for hydroxylation is 1. The highest BCUT2D eigenvalue weighted by Crippen LogP contribution is 2.26. The Morgan fingerprint density at radius 2 is 1.66 bits per heavy atom. The van der Waals surface area contributed by atoms with Gasteiger partial charge in [0, 0.05) is 34.9 Å². The number of nitrogens with one attached hydrogen (secondary N) is 1. The number of halogens is 1. The van der Waals surface area contributed by atoms with Crippen LogP contribution < -0.4 is 16.8 Å². The van der Waals surface area contributed by atoms with Gasteiger partial charge in [0.25, 0.3) is 0 Å². The lowest BCUT2D eigenvalue weighted by atomic mass is 9.97. The second-order valence-electron chi connectivity index (χ2n) is 7.37. The summed E-state index contributed by atoms with van der Waals surface area (Å²) in [6.07, 6.45) is 4.50. The highest BCUT2D eigenvalue weighted by molar-refractivity contribution is 5.96. The monoisotopic (exact) mass is 427 g/mol. The zero-order chi connectivity index (χ0) is 22.5. The molecule has 0 spiro atoms. The number of nitrogens with zero attached hydrogens (tertiary/aromatic N) is 2. The molecule has 1 amide bonds. The number of hydrogen-bond donors (Lipinski definition) is 3. The van der Waals surface area contributed by atoms with Gasteiger partial charge in [0.15, 0.2) is 0 Å². The molecule has 1 heterocycles. The number of rotatable bonds is 7. The van der Waals surface area contributed by atoms with Crippen LogP contribution >= 0.6 is 0 Å². The lowest BCUT2D eigenvalue weighted by Crippen LogP contribution is -2.15. The number of benzene rings is 3. The summed E-state index contributed by atoms with van der Waals surface area (Å²) in [5, 5.41) is 3.18. The molecule has 0 saturated heterocycles. The molecule has 1 aromatic heterocycles. The van der Waals surface area contributed by atoms with Gasteiger partial charge in [-0.3, -0.25) is 4.79 Å². The van der Waals surface area contributed by atoms with E-state index in [0.29, 0.717) is 46.9 Å². The van der Waals surface area contributed by atoms with E-state index in [1.807, 2.05) is 30.3 Å². The first-order chi connectivity index (χ1) is 15.5. The van der Waals surface area contributed by atoms with Gasteiger partial charge in [-0.1, -0.05) is 30.3 Å². The highest BCUT2D eigenvalue weighted by Gasteiger charge is 2.14. The molecule has 0 bridgehead atoms. The van der Waals surface area contributed by atoms with Crippen molar-refractivity contribution in [2.24, 2.45) is 5.73 Å². The normalized spacial score (nSPS) is 10.7. The fourth-order valence-electron chi connectivity index (χ4n) is 3.55. The summed E-state index contributed by atoms with van der Waals surface area (Å²) in [6.45, 7) is 0. The van der Waals surface area contributed by atoms with Gasteiger partial charge in [0.05, 0.1) is 0 Å². The largest absolute Gasteiger partial charge is 0.399 e. The summed E-state index contributed by atoms with van der Waals surface area (Å²) in [4.78, 5) is 20.7. The van der Waals surface area contributed by atoms with Crippen molar-refractivity contribution >= 4 is 23.2 Å². The van der Waals surface area contributed by atoms with Gasteiger partial charge in [0.2, 0.25) is 11.9 Å². The fourth-order valence-corrected chi connectivity index (χ4v) is 3.55. The van der Waals surface area contributed by atoms with Crippen molar-refractivity contribution in [1.82, 2.24) is 9.97 Å². The quantitative estimate of drug-likeness (QED) is 0.377. The van der Waals surface area contributed by atoms with Gasteiger partial charge in [-0.2, -0.15) is 0 Å². The molecule has 0 aliphatic heterocycles. The topological polar surface area (TPSA) is 107 Å². The van der Waals surface area contributed by atoms with E-state index in [9.17, 15) is 9.18 Å². The van der Waals surface area contributed by atoms with Gasteiger partial charge in [0.1, 0.15) is 5.82 Å². The molecule has 7 heteroatoms. The lowest BCUT2D eigenvalue weighted by molar-refractivity contribution is 0.0999. The summed E-state index contributed by atoms with van der Waals surface area (Å²) in [7, 11) is 0. The number of nitrogens with two attached hydrogens (primary N) is 2. The molecule has 6 nitrogen and oxygen atoms in total. The maximum Gasteiger partial charge on any atom is 0.249 e. The minimum absolute atomic E-state index is 0.321. The van der Waals surface area contributed by atoms with E-state index in [-0.39, 0.29) is 5.82 Å². The maximum atomic E-state index is 13.5. The van der Waals surface area contributed by atoms with Gasteiger partial charge in [-0.25, -0.2) is 14.4 Å². The Hall–Kier alpha value is -4.26. The van der Waals surface area contributed by atoms with Crippen LogP contribution in [-0.4, -0.2) is 15.9 Å². The first kappa shape index (κ1) is 21.0. The van der Waals surface area contributed by atoms with Crippen LogP contribution in [0.5, 0.6) is 0 Å². The third kappa shape index (κ3) is 4.89. The average Bonchev–Trinajstić information content (AvgIpc) is 2.78. The first-order valence-electron chi connectivity index (χ1n) is 10.1. The fraction of sp³-hybridized carbons (Fsp3) is 0.0800. The van der Waals surface area contributed by atoms with Crippen LogP contribution in [0, 0.1) is 5.82 Å². The molecule has 5 N–H and O–H groups in total. The second-order valence-corrected chi connectivity index (χ2v) is 7.37. The predicted molar refractivity (Wildman–Crippen MR) is 124 cm³/mol. The van der Waals surface area contributed by atoms with Crippen molar-refractivity contribution in [3.63, 3.8) is 0 Å². The molecule has 0 radical (unpaired) electrons. The molecule has 4 aromatic rings. The summed E-state index contributed by atoms with van der Waals surface area (Å²) in [5.74, 6) is -0.464. The van der Waals surface area contributed by atoms with E-state index in [1.165, 1.54) is 12.1 Å². The summed E-state index contributed by atoms with van der Waals surface area (Å²) >= 11 is 0. The van der Waals surface area contributed by atoms with Crippen molar-refractivity contribution in [3.8, 4) is 11.1 Å². The second kappa shape index (κ2) is 9.26. The van der Waals surface area contributed by atoms with Crippen LogP contribution in [0.1, 0.15) is 21.5 Å². The van der Waals surface area contributed by atoms with E-state index in [2.05, 4.69) is 15.3 Å². The zero-order valence-electron chi connectivity index (χ0n) is 17.3. The molecule has 160 valence electrons. The number of nitrogen functional groups attached to an aromatic ring is 1. The van der Waals surface area contributed by atoms with Crippen LogP contribution in [0.3, 0.4) is 0 Å². The Balaban J connectivity index is 1.59. The van der Waals surface area contributed by atoms with Crippen molar-refractivity contribution in [2.45, 2.75) is 12.8 Å². The highest BCUT2D eigenvalue weighted by atomic mass is 19.1. The Labute approximate surface area is 185 Å². The van der Waals surface area contributed by atoms with Crippen molar-refractivity contribution in [1.29, 1.82) is 0 Å².